The monoisotopic (exact) mass is 442 g/mol. The molecule has 1 amide bonds. The summed E-state index contributed by atoms with van der Waals surface area (Å²) in [5, 5.41) is 10.8. The Morgan fingerprint density at radius 2 is 1.97 bits per heavy atom. The molecule has 3 N–H and O–H groups in total. The second-order valence-electron chi connectivity index (χ2n) is 8.85. The summed E-state index contributed by atoms with van der Waals surface area (Å²) in [5.74, 6) is 1.25. The molecule has 2 atom stereocenters. The zero-order valence-electron chi connectivity index (χ0n) is 17.5. The maximum atomic E-state index is 13.5. The number of nitrogens with one attached hydrogen (secondary N) is 3. The van der Waals surface area contributed by atoms with Crippen LogP contribution in [0.4, 0.5) is 18.9 Å². The average molecular weight is 442 g/mol. The van der Waals surface area contributed by atoms with Gasteiger partial charge in [-0.15, -0.1) is 0 Å². The third-order valence-corrected chi connectivity index (χ3v) is 6.57. The Hall–Kier alpha value is -2.87. The minimum atomic E-state index is -4.58. The van der Waals surface area contributed by atoms with E-state index in [2.05, 4.69) is 27.5 Å². The molecule has 2 aliphatic carbocycles. The third-order valence-electron chi connectivity index (χ3n) is 6.57. The Kier molecular flexibility index (Phi) is 5.20. The quantitative estimate of drug-likeness (QED) is 0.607. The van der Waals surface area contributed by atoms with Gasteiger partial charge < -0.3 is 16.0 Å². The Balaban J connectivity index is 1.46. The second kappa shape index (κ2) is 7.92. The number of hydrogen-bond acceptors (Lipinski definition) is 4. The van der Waals surface area contributed by atoms with Gasteiger partial charge in [-0.05, 0) is 42.9 Å². The normalized spacial score (nSPS) is 24.5. The molecule has 3 fully saturated rings. The lowest BCUT2D eigenvalue weighted by atomic mass is 10.0. The minimum absolute atomic E-state index is 0.0169. The average Bonchev–Trinajstić information content (AvgIpc) is 3.67. The summed E-state index contributed by atoms with van der Waals surface area (Å²) in [6, 6.07) is 7.42. The SMILES string of the molecule is C=C(c1nc(/C=C/CNC(=O)C2CC2)cc2c(NC3C4CNCC43)cccc12)C(F)(F)F. The maximum Gasteiger partial charge on any atom is 0.417 e. The number of benzene rings is 1. The number of rotatable bonds is 7. The lowest BCUT2D eigenvalue weighted by molar-refractivity contribution is -0.122. The van der Waals surface area contributed by atoms with Crippen molar-refractivity contribution in [1.29, 1.82) is 0 Å². The third kappa shape index (κ3) is 4.11. The van der Waals surface area contributed by atoms with Gasteiger partial charge in [-0.3, -0.25) is 4.79 Å². The van der Waals surface area contributed by atoms with Gasteiger partial charge in [0.25, 0.3) is 0 Å². The molecule has 1 aromatic carbocycles. The number of carbonyl (C=O) groups is 1. The molecule has 8 heteroatoms. The van der Waals surface area contributed by atoms with Gasteiger partial charge in [0.15, 0.2) is 0 Å². The van der Waals surface area contributed by atoms with Gasteiger partial charge in [0.1, 0.15) is 0 Å². The predicted octanol–water partition coefficient (Wildman–Crippen LogP) is 3.98. The van der Waals surface area contributed by atoms with Crippen LogP contribution in [0.5, 0.6) is 0 Å². The van der Waals surface area contributed by atoms with Crippen molar-refractivity contribution >= 4 is 34.0 Å². The predicted molar refractivity (Wildman–Crippen MR) is 119 cm³/mol. The van der Waals surface area contributed by atoms with E-state index in [1.54, 1.807) is 30.4 Å². The van der Waals surface area contributed by atoms with Crippen LogP contribution in [0.3, 0.4) is 0 Å². The molecule has 5 rings (SSSR count). The standard InChI is InChI=1S/C24H25F3N4O/c1-13(24(25,26)27)21-16-5-2-6-20(31-22-18-11-28-12-19(18)22)17(16)10-15(30-21)4-3-9-29-23(32)14-7-8-14/h2-6,10,14,18-19,22,28,31H,1,7-9,11-12H2,(H,29,32)/b4-3+. The number of pyridine rings is 1. The highest BCUT2D eigenvalue weighted by molar-refractivity contribution is 6.01. The summed E-state index contributed by atoms with van der Waals surface area (Å²) >= 11 is 0. The maximum absolute atomic E-state index is 13.5. The summed E-state index contributed by atoms with van der Waals surface area (Å²) in [7, 11) is 0. The Bertz CT molecular complexity index is 1100. The van der Waals surface area contributed by atoms with Crippen LogP contribution in [-0.2, 0) is 4.79 Å². The minimum Gasteiger partial charge on any atom is -0.381 e. The van der Waals surface area contributed by atoms with Gasteiger partial charge >= 0.3 is 6.18 Å². The first kappa shape index (κ1) is 21.0. The number of hydrogen-bond donors (Lipinski definition) is 3. The smallest absolute Gasteiger partial charge is 0.381 e. The molecule has 0 bridgehead atoms. The zero-order chi connectivity index (χ0) is 22.5. The van der Waals surface area contributed by atoms with Gasteiger partial charge in [0.2, 0.25) is 5.91 Å². The van der Waals surface area contributed by atoms with E-state index in [4.69, 9.17) is 0 Å². The van der Waals surface area contributed by atoms with Crippen LogP contribution >= 0.6 is 0 Å². The molecule has 1 aliphatic heterocycles. The van der Waals surface area contributed by atoms with E-state index in [1.807, 2.05) is 6.07 Å². The number of amides is 1. The fraction of sp³-hybridized carbons (Fsp3) is 0.417. The fourth-order valence-corrected chi connectivity index (χ4v) is 4.51. The zero-order valence-corrected chi connectivity index (χ0v) is 17.5. The van der Waals surface area contributed by atoms with Crippen molar-refractivity contribution in [2.24, 2.45) is 17.8 Å². The molecule has 1 aromatic heterocycles. The molecule has 32 heavy (non-hydrogen) atoms. The highest BCUT2D eigenvalue weighted by Gasteiger charge is 2.53. The van der Waals surface area contributed by atoms with Crippen LogP contribution in [0.2, 0.25) is 0 Å². The summed E-state index contributed by atoms with van der Waals surface area (Å²) in [6.45, 7) is 5.52. The van der Waals surface area contributed by atoms with Crippen molar-refractivity contribution in [1.82, 2.24) is 15.6 Å². The molecule has 2 saturated carbocycles. The number of carbonyl (C=O) groups excluding carboxylic acids is 1. The molecule has 2 unspecified atom stereocenters. The van der Waals surface area contributed by atoms with Crippen LogP contribution in [0.15, 0.2) is 36.9 Å². The van der Waals surface area contributed by atoms with Crippen LogP contribution < -0.4 is 16.0 Å². The molecular weight excluding hydrogens is 417 g/mol. The second-order valence-corrected chi connectivity index (χ2v) is 8.85. The van der Waals surface area contributed by atoms with Gasteiger partial charge in [-0.2, -0.15) is 13.2 Å². The van der Waals surface area contributed by atoms with Crippen molar-refractivity contribution in [2.75, 3.05) is 25.0 Å². The molecular formula is C24H25F3N4O. The van der Waals surface area contributed by atoms with Crippen molar-refractivity contribution in [3.63, 3.8) is 0 Å². The van der Waals surface area contributed by atoms with Crippen LogP contribution in [0.1, 0.15) is 24.2 Å². The number of alkyl halides is 3. The van der Waals surface area contributed by atoms with E-state index >= 15 is 0 Å². The first-order valence-corrected chi connectivity index (χ1v) is 10.9. The molecule has 168 valence electrons. The van der Waals surface area contributed by atoms with E-state index in [1.165, 1.54) is 0 Å². The number of aromatic nitrogens is 1. The number of fused-ring (bicyclic) bond motifs is 2. The molecule has 2 aromatic rings. The summed E-state index contributed by atoms with van der Waals surface area (Å²) in [6.07, 6.45) is 0.607. The Labute approximate surface area is 184 Å². The van der Waals surface area contributed by atoms with E-state index in [0.717, 1.165) is 31.6 Å². The summed E-state index contributed by atoms with van der Waals surface area (Å²) in [4.78, 5) is 16.0. The molecule has 1 saturated heterocycles. The van der Waals surface area contributed by atoms with Gasteiger partial charge in [0, 0.05) is 48.1 Å². The molecule has 2 heterocycles. The van der Waals surface area contributed by atoms with Crippen LogP contribution in [0.25, 0.3) is 22.4 Å². The van der Waals surface area contributed by atoms with Crippen molar-refractivity contribution < 1.29 is 18.0 Å². The number of halogens is 3. The van der Waals surface area contributed by atoms with Gasteiger partial charge in [-0.1, -0.05) is 24.8 Å². The fourth-order valence-electron chi connectivity index (χ4n) is 4.51. The number of piperidine rings is 1. The van der Waals surface area contributed by atoms with Crippen molar-refractivity contribution in [2.45, 2.75) is 25.1 Å². The van der Waals surface area contributed by atoms with Gasteiger partial charge in [0.05, 0.1) is 17.0 Å². The first-order valence-electron chi connectivity index (χ1n) is 10.9. The largest absolute Gasteiger partial charge is 0.417 e. The number of nitrogens with zero attached hydrogens (tertiary/aromatic N) is 1. The topological polar surface area (TPSA) is 66.0 Å². The molecule has 0 radical (unpaired) electrons. The van der Waals surface area contributed by atoms with E-state index in [9.17, 15) is 18.0 Å². The van der Waals surface area contributed by atoms with Crippen molar-refractivity contribution in [3.8, 4) is 0 Å². The molecule has 0 spiro atoms. The summed E-state index contributed by atoms with van der Waals surface area (Å²) < 4.78 is 40.6. The Morgan fingerprint density at radius 1 is 1.22 bits per heavy atom. The summed E-state index contributed by atoms with van der Waals surface area (Å²) in [5.41, 5.74) is 0.0603. The Morgan fingerprint density at radius 3 is 2.66 bits per heavy atom. The van der Waals surface area contributed by atoms with E-state index < -0.39 is 11.7 Å². The van der Waals surface area contributed by atoms with Crippen LogP contribution in [-0.4, -0.2) is 42.7 Å². The molecule has 3 aliphatic rings. The lowest BCUT2D eigenvalue weighted by Gasteiger charge is -2.16. The first-order chi connectivity index (χ1) is 15.3. The van der Waals surface area contributed by atoms with Crippen molar-refractivity contribution in [3.05, 3.63) is 48.3 Å². The van der Waals surface area contributed by atoms with Crippen LogP contribution in [0, 0.1) is 17.8 Å². The highest BCUT2D eigenvalue weighted by atomic mass is 19.4. The highest BCUT2D eigenvalue weighted by Crippen LogP contribution is 2.45. The number of allylic oxidation sites excluding steroid dienone is 1. The van der Waals surface area contributed by atoms with E-state index in [-0.39, 0.29) is 17.5 Å². The number of anilines is 1. The van der Waals surface area contributed by atoms with Gasteiger partial charge in [-0.25, -0.2) is 4.98 Å². The lowest BCUT2D eigenvalue weighted by Crippen LogP contribution is -2.24. The van der Waals surface area contributed by atoms with E-state index in [0.29, 0.717) is 40.9 Å². The molecule has 5 nitrogen and oxygen atoms in total.